The third-order valence-electron chi connectivity index (χ3n) is 5.02. The van der Waals surface area contributed by atoms with Crippen LogP contribution in [0.2, 0.25) is 0 Å². The molecule has 1 saturated carbocycles. The first kappa shape index (κ1) is 16.9. The zero-order valence-corrected chi connectivity index (χ0v) is 14.7. The highest BCUT2D eigenvalue weighted by atomic mass is 35.5. The van der Waals surface area contributed by atoms with E-state index in [0.717, 1.165) is 29.0 Å². The fourth-order valence-corrected chi connectivity index (χ4v) is 4.52. The van der Waals surface area contributed by atoms with Crippen LogP contribution in [0, 0.1) is 25.2 Å². The summed E-state index contributed by atoms with van der Waals surface area (Å²) in [5.74, 6) is 2.74. The summed E-state index contributed by atoms with van der Waals surface area (Å²) < 4.78 is 5.52. The molecule has 1 aliphatic rings. The van der Waals surface area contributed by atoms with Gasteiger partial charge in [-0.1, -0.05) is 12.8 Å². The van der Waals surface area contributed by atoms with Crippen molar-refractivity contribution in [2.75, 3.05) is 18.9 Å². The quantitative estimate of drug-likeness (QED) is 0.692. The summed E-state index contributed by atoms with van der Waals surface area (Å²) in [6.45, 7) is 4.10. The Morgan fingerprint density at radius 1 is 1.24 bits per heavy atom. The second kappa shape index (κ2) is 7.19. The lowest BCUT2D eigenvalue weighted by Crippen LogP contribution is -2.36. The van der Waals surface area contributed by atoms with Crippen LogP contribution < -0.4 is 4.74 Å². The lowest BCUT2D eigenvalue weighted by Gasteiger charge is -2.36. The molecule has 0 aliphatic heterocycles. The highest BCUT2D eigenvalue weighted by Crippen LogP contribution is 2.44. The van der Waals surface area contributed by atoms with Crippen molar-refractivity contribution in [2.45, 2.75) is 46.0 Å². The number of nitrogens with zero attached hydrogens (tertiary/aromatic N) is 1. The van der Waals surface area contributed by atoms with Crippen molar-refractivity contribution in [1.29, 1.82) is 0 Å². The standard InChI is InChI=1S/C17H25Cl2NO/c1-12-9-20-15(13(2)16(12)21-3)8-17(10-18,11-19)14-6-4-5-7-14/h9,14H,4-8,10-11H2,1-3H3. The van der Waals surface area contributed by atoms with E-state index in [1.165, 1.54) is 25.7 Å². The molecule has 118 valence electrons. The minimum absolute atomic E-state index is 0.0440. The summed E-state index contributed by atoms with van der Waals surface area (Å²) in [5, 5.41) is 0. The number of aromatic nitrogens is 1. The molecular weight excluding hydrogens is 305 g/mol. The van der Waals surface area contributed by atoms with Gasteiger partial charge in [0.25, 0.3) is 0 Å². The topological polar surface area (TPSA) is 22.1 Å². The molecule has 1 heterocycles. The normalized spacial score (nSPS) is 16.4. The first-order chi connectivity index (χ1) is 10.1. The number of ether oxygens (including phenoxy) is 1. The molecule has 1 aromatic rings. The van der Waals surface area contributed by atoms with Gasteiger partial charge < -0.3 is 4.74 Å². The van der Waals surface area contributed by atoms with Crippen LogP contribution in [-0.4, -0.2) is 23.9 Å². The zero-order valence-electron chi connectivity index (χ0n) is 13.2. The van der Waals surface area contributed by atoms with Crippen molar-refractivity contribution in [2.24, 2.45) is 11.3 Å². The van der Waals surface area contributed by atoms with Crippen molar-refractivity contribution in [3.63, 3.8) is 0 Å². The molecule has 0 N–H and O–H groups in total. The third kappa shape index (κ3) is 3.32. The summed E-state index contributed by atoms with van der Waals surface area (Å²) in [4.78, 5) is 4.64. The zero-order chi connectivity index (χ0) is 15.5. The van der Waals surface area contributed by atoms with Gasteiger partial charge in [0, 0.05) is 40.2 Å². The average molecular weight is 330 g/mol. The van der Waals surface area contributed by atoms with Crippen LogP contribution in [0.1, 0.15) is 42.5 Å². The van der Waals surface area contributed by atoms with Gasteiger partial charge in [-0.05, 0) is 39.0 Å². The number of hydrogen-bond acceptors (Lipinski definition) is 2. The van der Waals surface area contributed by atoms with Crippen molar-refractivity contribution in [3.8, 4) is 5.75 Å². The van der Waals surface area contributed by atoms with Gasteiger partial charge in [-0.15, -0.1) is 23.2 Å². The smallest absolute Gasteiger partial charge is 0.128 e. The highest BCUT2D eigenvalue weighted by molar-refractivity contribution is 6.21. The Hall–Kier alpha value is -0.470. The molecule has 0 atom stereocenters. The highest BCUT2D eigenvalue weighted by Gasteiger charge is 2.39. The fourth-order valence-electron chi connectivity index (χ4n) is 3.61. The van der Waals surface area contributed by atoms with Gasteiger partial charge in [0.2, 0.25) is 0 Å². The molecule has 0 radical (unpaired) electrons. The second-order valence-corrected chi connectivity index (χ2v) is 6.87. The lowest BCUT2D eigenvalue weighted by atomic mass is 9.73. The predicted molar refractivity (Wildman–Crippen MR) is 89.8 cm³/mol. The first-order valence-corrected chi connectivity index (χ1v) is 8.76. The maximum Gasteiger partial charge on any atom is 0.128 e. The summed E-state index contributed by atoms with van der Waals surface area (Å²) in [6, 6.07) is 0. The number of pyridine rings is 1. The Kier molecular flexibility index (Phi) is 5.79. The first-order valence-electron chi connectivity index (χ1n) is 7.69. The average Bonchev–Trinajstić information content (AvgIpc) is 3.02. The Bertz CT molecular complexity index is 480. The van der Waals surface area contributed by atoms with Crippen molar-refractivity contribution >= 4 is 23.2 Å². The Morgan fingerprint density at radius 2 is 1.86 bits per heavy atom. The minimum Gasteiger partial charge on any atom is -0.496 e. The summed E-state index contributed by atoms with van der Waals surface area (Å²) in [5.41, 5.74) is 3.22. The molecule has 2 rings (SSSR count). The molecule has 4 heteroatoms. The van der Waals surface area contributed by atoms with E-state index in [9.17, 15) is 0 Å². The van der Waals surface area contributed by atoms with Crippen LogP contribution in [-0.2, 0) is 6.42 Å². The summed E-state index contributed by atoms with van der Waals surface area (Å²) in [7, 11) is 1.71. The van der Waals surface area contributed by atoms with Gasteiger partial charge >= 0.3 is 0 Å². The van der Waals surface area contributed by atoms with Crippen molar-refractivity contribution < 1.29 is 4.74 Å². The van der Waals surface area contributed by atoms with E-state index in [0.29, 0.717) is 17.7 Å². The SMILES string of the molecule is COc1c(C)cnc(CC(CCl)(CCl)C2CCCC2)c1C. The van der Waals surface area contributed by atoms with Crippen LogP contribution in [0.15, 0.2) is 6.20 Å². The maximum absolute atomic E-state index is 6.37. The second-order valence-electron chi connectivity index (χ2n) is 6.33. The van der Waals surface area contributed by atoms with E-state index in [-0.39, 0.29) is 5.41 Å². The van der Waals surface area contributed by atoms with Gasteiger partial charge in [-0.25, -0.2) is 0 Å². The van der Waals surface area contributed by atoms with E-state index < -0.39 is 0 Å². The van der Waals surface area contributed by atoms with E-state index in [2.05, 4.69) is 11.9 Å². The molecular formula is C17H25Cl2NO. The molecule has 0 spiro atoms. The molecule has 0 aromatic carbocycles. The number of alkyl halides is 2. The van der Waals surface area contributed by atoms with Crippen molar-refractivity contribution in [1.82, 2.24) is 4.98 Å². The van der Waals surface area contributed by atoms with Crippen LogP contribution >= 0.6 is 23.2 Å². The Balaban J connectivity index is 2.33. The largest absolute Gasteiger partial charge is 0.496 e. The van der Waals surface area contributed by atoms with Crippen LogP contribution in [0.5, 0.6) is 5.75 Å². The molecule has 0 unspecified atom stereocenters. The molecule has 0 saturated heterocycles. The number of aryl methyl sites for hydroxylation is 1. The minimum atomic E-state index is -0.0440. The number of methoxy groups -OCH3 is 1. The van der Waals surface area contributed by atoms with E-state index in [1.54, 1.807) is 7.11 Å². The fraction of sp³-hybridized carbons (Fsp3) is 0.706. The van der Waals surface area contributed by atoms with Crippen LogP contribution in [0.3, 0.4) is 0 Å². The summed E-state index contributed by atoms with van der Waals surface area (Å²) >= 11 is 12.7. The predicted octanol–water partition coefficient (Wildman–Crippen LogP) is 4.90. The van der Waals surface area contributed by atoms with Crippen molar-refractivity contribution in [3.05, 3.63) is 23.0 Å². The van der Waals surface area contributed by atoms with Gasteiger partial charge in [-0.3, -0.25) is 4.98 Å². The van der Waals surface area contributed by atoms with Gasteiger partial charge in [0.1, 0.15) is 5.75 Å². The molecule has 0 bridgehead atoms. The maximum atomic E-state index is 6.37. The molecule has 0 amide bonds. The number of rotatable bonds is 6. The summed E-state index contributed by atoms with van der Waals surface area (Å²) in [6.07, 6.45) is 7.80. The third-order valence-corrected chi connectivity index (χ3v) is 6.09. The van der Waals surface area contributed by atoms with E-state index >= 15 is 0 Å². The Labute approximate surface area is 138 Å². The van der Waals surface area contributed by atoms with Crippen LogP contribution in [0.4, 0.5) is 0 Å². The van der Waals surface area contributed by atoms with E-state index in [4.69, 9.17) is 27.9 Å². The van der Waals surface area contributed by atoms with Gasteiger partial charge in [0.15, 0.2) is 0 Å². The molecule has 1 fully saturated rings. The number of halogens is 2. The van der Waals surface area contributed by atoms with Crippen LogP contribution in [0.25, 0.3) is 0 Å². The molecule has 21 heavy (non-hydrogen) atoms. The monoisotopic (exact) mass is 329 g/mol. The van der Waals surface area contributed by atoms with Gasteiger partial charge in [0.05, 0.1) is 7.11 Å². The van der Waals surface area contributed by atoms with Gasteiger partial charge in [-0.2, -0.15) is 0 Å². The molecule has 1 aliphatic carbocycles. The molecule has 1 aromatic heterocycles. The Morgan fingerprint density at radius 3 is 2.38 bits per heavy atom. The van der Waals surface area contributed by atoms with E-state index in [1.807, 2.05) is 13.1 Å². The lowest BCUT2D eigenvalue weighted by molar-refractivity contribution is 0.222. The number of hydrogen-bond donors (Lipinski definition) is 0. The molecule has 2 nitrogen and oxygen atoms in total.